The van der Waals surface area contributed by atoms with Crippen LogP contribution < -0.4 is 5.32 Å². The summed E-state index contributed by atoms with van der Waals surface area (Å²) in [5.41, 5.74) is 1.33. The zero-order valence-electron chi connectivity index (χ0n) is 17.6. The quantitative estimate of drug-likeness (QED) is 0.676. The molecule has 0 aromatic heterocycles. The van der Waals surface area contributed by atoms with Crippen molar-refractivity contribution in [3.05, 3.63) is 54.1 Å². The van der Waals surface area contributed by atoms with Gasteiger partial charge in [-0.25, -0.2) is 16.8 Å². The number of rotatable bonds is 7. The maximum absolute atomic E-state index is 12.7. The number of likely N-dealkylation sites (N-methyl/N-ethyl adjacent to an activating group) is 1. The Hall–Kier alpha value is -2.27. The Bertz CT molecular complexity index is 1120. The van der Waals surface area contributed by atoms with Gasteiger partial charge in [0.2, 0.25) is 26.0 Å². The van der Waals surface area contributed by atoms with Crippen LogP contribution in [0.3, 0.4) is 0 Å². The third-order valence-corrected chi connectivity index (χ3v) is 8.92. The van der Waals surface area contributed by atoms with E-state index in [1.807, 2.05) is 6.92 Å². The van der Waals surface area contributed by atoms with Crippen molar-refractivity contribution in [3.8, 4) is 0 Å². The van der Waals surface area contributed by atoms with Gasteiger partial charge in [0.15, 0.2) is 0 Å². The lowest BCUT2D eigenvalue weighted by Gasteiger charge is -2.25. The van der Waals surface area contributed by atoms with Crippen molar-refractivity contribution in [2.75, 3.05) is 32.0 Å². The van der Waals surface area contributed by atoms with Gasteiger partial charge in [-0.3, -0.25) is 4.79 Å². The summed E-state index contributed by atoms with van der Waals surface area (Å²) in [6.45, 7) is 2.52. The van der Waals surface area contributed by atoms with Crippen molar-refractivity contribution < 1.29 is 21.6 Å². The number of carbonyl (C=O) groups excluding carboxylic acids is 1. The number of nitrogens with zero attached hydrogens (tertiary/aromatic N) is 2. The van der Waals surface area contributed by atoms with Crippen LogP contribution in [0.25, 0.3) is 0 Å². The molecule has 1 aliphatic heterocycles. The predicted molar refractivity (Wildman–Crippen MR) is 119 cm³/mol. The van der Waals surface area contributed by atoms with Crippen LogP contribution in [0.15, 0.2) is 58.3 Å². The summed E-state index contributed by atoms with van der Waals surface area (Å²) in [4.78, 5) is 12.6. The van der Waals surface area contributed by atoms with Gasteiger partial charge in [0, 0.05) is 25.8 Å². The average molecular weight is 466 g/mol. The van der Waals surface area contributed by atoms with E-state index >= 15 is 0 Å². The Balaban J connectivity index is 1.63. The number of benzene rings is 2. The van der Waals surface area contributed by atoms with Crippen molar-refractivity contribution in [1.82, 2.24) is 8.61 Å². The van der Waals surface area contributed by atoms with Gasteiger partial charge in [0.1, 0.15) is 0 Å². The number of hydrogen-bond donors (Lipinski definition) is 1. The van der Waals surface area contributed by atoms with Gasteiger partial charge in [-0.2, -0.15) is 8.61 Å². The first-order chi connectivity index (χ1) is 14.6. The van der Waals surface area contributed by atoms with Crippen molar-refractivity contribution in [1.29, 1.82) is 0 Å². The van der Waals surface area contributed by atoms with Crippen LogP contribution in [0, 0.1) is 6.92 Å². The molecule has 168 valence electrons. The summed E-state index contributed by atoms with van der Waals surface area (Å²) >= 11 is 0. The first-order valence-corrected chi connectivity index (χ1v) is 12.9. The highest BCUT2D eigenvalue weighted by atomic mass is 32.2. The smallest absolute Gasteiger partial charge is 0.243 e. The molecule has 1 N–H and O–H groups in total. The molecule has 2 aromatic rings. The first-order valence-electron chi connectivity index (χ1n) is 10.0. The van der Waals surface area contributed by atoms with Crippen LogP contribution >= 0.6 is 0 Å². The molecular formula is C21H27N3O5S2. The number of aryl methyl sites for hydroxylation is 1. The van der Waals surface area contributed by atoms with Crippen LogP contribution in [-0.2, 0) is 24.8 Å². The fraction of sp³-hybridized carbons (Fsp3) is 0.381. The van der Waals surface area contributed by atoms with Gasteiger partial charge in [-0.05, 0) is 56.2 Å². The second kappa shape index (κ2) is 9.47. The van der Waals surface area contributed by atoms with E-state index in [0.717, 1.165) is 29.1 Å². The Labute approximate surface area is 184 Å². The Kier molecular flexibility index (Phi) is 7.15. The molecule has 1 saturated heterocycles. The minimum Gasteiger partial charge on any atom is -0.325 e. The van der Waals surface area contributed by atoms with Crippen LogP contribution in [-0.4, -0.2) is 58.0 Å². The summed E-state index contributed by atoms with van der Waals surface area (Å²) in [6, 6.07) is 12.3. The maximum Gasteiger partial charge on any atom is 0.243 e. The molecule has 1 amide bonds. The molecule has 0 aliphatic carbocycles. The Morgan fingerprint density at radius 2 is 1.45 bits per heavy atom. The van der Waals surface area contributed by atoms with Gasteiger partial charge in [0.05, 0.1) is 16.3 Å². The molecule has 0 unspecified atom stereocenters. The number of piperidine rings is 1. The first kappa shape index (κ1) is 23.4. The van der Waals surface area contributed by atoms with E-state index in [1.54, 1.807) is 12.1 Å². The maximum atomic E-state index is 12.7. The highest BCUT2D eigenvalue weighted by molar-refractivity contribution is 7.89. The summed E-state index contributed by atoms with van der Waals surface area (Å²) in [5, 5.41) is 2.61. The number of nitrogens with one attached hydrogen (secondary N) is 1. The zero-order chi connectivity index (χ0) is 22.6. The molecule has 1 heterocycles. The van der Waals surface area contributed by atoms with E-state index < -0.39 is 26.0 Å². The van der Waals surface area contributed by atoms with Crippen molar-refractivity contribution in [2.45, 2.75) is 36.0 Å². The fourth-order valence-electron chi connectivity index (χ4n) is 3.34. The lowest BCUT2D eigenvalue weighted by molar-refractivity contribution is -0.116. The SMILES string of the molecule is Cc1ccc(S(=O)(=O)N(C)CC(=O)Nc2ccc(S(=O)(=O)N3CCCCC3)cc2)cc1. The molecule has 1 aliphatic rings. The fourth-order valence-corrected chi connectivity index (χ4v) is 5.99. The van der Waals surface area contributed by atoms with E-state index in [0.29, 0.717) is 18.8 Å². The number of carbonyl (C=O) groups is 1. The standard InChI is InChI=1S/C21H27N3O5S2/c1-17-6-10-19(11-7-17)30(26,27)23(2)16-21(25)22-18-8-12-20(13-9-18)31(28,29)24-14-4-3-5-15-24/h6-13H,3-5,14-16H2,1-2H3,(H,22,25). The molecule has 0 radical (unpaired) electrons. The number of sulfonamides is 2. The molecule has 3 rings (SSSR count). The number of hydrogen-bond acceptors (Lipinski definition) is 5. The van der Waals surface area contributed by atoms with Crippen LogP contribution in [0.2, 0.25) is 0 Å². The molecule has 1 fully saturated rings. The summed E-state index contributed by atoms with van der Waals surface area (Å²) in [6.07, 6.45) is 2.74. The number of anilines is 1. The summed E-state index contributed by atoms with van der Waals surface area (Å²) < 4.78 is 53.1. The third kappa shape index (κ3) is 5.51. The second-order valence-corrected chi connectivity index (χ2v) is 11.6. The van der Waals surface area contributed by atoms with E-state index in [-0.39, 0.29) is 16.3 Å². The minimum atomic E-state index is -3.79. The van der Waals surface area contributed by atoms with Crippen LogP contribution in [0.4, 0.5) is 5.69 Å². The normalized spacial score (nSPS) is 15.7. The molecule has 0 saturated carbocycles. The van der Waals surface area contributed by atoms with Gasteiger partial charge < -0.3 is 5.32 Å². The van der Waals surface area contributed by atoms with Gasteiger partial charge in [-0.1, -0.05) is 24.1 Å². The summed E-state index contributed by atoms with van der Waals surface area (Å²) in [5.74, 6) is -0.523. The lowest BCUT2D eigenvalue weighted by Crippen LogP contribution is -2.35. The lowest BCUT2D eigenvalue weighted by atomic mass is 10.2. The largest absolute Gasteiger partial charge is 0.325 e. The minimum absolute atomic E-state index is 0.112. The number of amides is 1. The monoisotopic (exact) mass is 465 g/mol. The molecule has 10 heteroatoms. The van der Waals surface area contributed by atoms with Gasteiger partial charge in [0.25, 0.3) is 0 Å². The predicted octanol–water partition coefficient (Wildman–Crippen LogP) is 2.43. The van der Waals surface area contributed by atoms with Crippen LogP contribution in [0.1, 0.15) is 24.8 Å². The highest BCUT2D eigenvalue weighted by Crippen LogP contribution is 2.22. The molecule has 8 nitrogen and oxygen atoms in total. The Morgan fingerprint density at radius 3 is 2.03 bits per heavy atom. The highest BCUT2D eigenvalue weighted by Gasteiger charge is 2.26. The van der Waals surface area contributed by atoms with E-state index in [2.05, 4.69) is 5.32 Å². The van der Waals surface area contributed by atoms with Gasteiger partial charge >= 0.3 is 0 Å². The average Bonchev–Trinajstić information content (AvgIpc) is 2.75. The van der Waals surface area contributed by atoms with Crippen molar-refractivity contribution in [3.63, 3.8) is 0 Å². The molecule has 0 atom stereocenters. The summed E-state index contributed by atoms with van der Waals surface area (Å²) in [7, 11) is -6.00. The van der Waals surface area contributed by atoms with Gasteiger partial charge in [-0.15, -0.1) is 0 Å². The van der Waals surface area contributed by atoms with E-state index in [9.17, 15) is 21.6 Å². The molecular weight excluding hydrogens is 438 g/mol. The second-order valence-electron chi connectivity index (χ2n) is 7.61. The van der Waals surface area contributed by atoms with E-state index in [1.165, 1.54) is 47.8 Å². The molecule has 0 bridgehead atoms. The molecule has 0 spiro atoms. The molecule has 31 heavy (non-hydrogen) atoms. The topological polar surface area (TPSA) is 104 Å². The van der Waals surface area contributed by atoms with Crippen molar-refractivity contribution >= 4 is 31.6 Å². The molecule has 2 aromatic carbocycles. The zero-order valence-corrected chi connectivity index (χ0v) is 19.2. The van der Waals surface area contributed by atoms with E-state index in [4.69, 9.17) is 0 Å². The Morgan fingerprint density at radius 1 is 0.903 bits per heavy atom. The van der Waals surface area contributed by atoms with Crippen LogP contribution in [0.5, 0.6) is 0 Å². The third-order valence-electron chi connectivity index (χ3n) is 5.19. The van der Waals surface area contributed by atoms with Crippen molar-refractivity contribution in [2.24, 2.45) is 0 Å².